The van der Waals surface area contributed by atoms with Crippen molar-refractivity contribution in [2.45, 2.75) is 78.4 Å². The lowest BCUT2D eigenvalue weighted by Gasteiger charge is -2.21. The van der Waals surface area contributed by atoms with E-state index in [1.54, 1.807) is 41.5 Å². The number of unbranched alkanes of at least 4 members (excludes halogenated alkanes) is 3. The molecule has 0 aromatic carbocycles. The van der Waals surface area contributed by atoms with Gasteiger partial charge in [0.2, 0.25) is 11.9 Å². The van der Waals surface area contributed by atoms with Crippen LogP contribution in [0.15, 0.2) is 4.99 Å². The predicted molar refractivity (Wildman–Crippen MR) is 112 cm³/mol. The summed E-state index contributed by atoms with van der Waals surface area (Å²) in [6.45, 7) is 11.5. The zero-order chi connectivity index (χ0) is 22.5. The van der Waals surface area contributed by atoms with Gasteiger partial charge in [-0.15, -0.1) is 4.99 Å². The molecule has 29 heavy (non-hydrogen) atoms. The zero-order valence-corrected chi connectivity index (χ0v) is 18.5. The first-order valence-corrected chi connectivity index (χ1v) is 9.84. The third-order valence-electron chi connectivity index (χ3n) is 3.12. The summed E-state index contributed by atoms with van der Waals surface area (Å²) in [5.74, 6) is -0.188. The first kappa shape index (κ1) is 26.6. The molecule has 5 N–H and O–H groups in total. The van der Waals surface area contributed by atoms with E-state index in [1.807, 2.05) is 0 Å². The first-order valence-electron chi connectivity index (χ1n) is 9.84. The minimum atomic E-state index is -0.813. The van der Waals surface area contributed by atoms with Gasteiger partial charge in [0.15, 0.2) is 0 Å². The molecule has 0 aliphatic rings. The van der Waals surface area contributed by atoms with Gasteiger partial charge in [0.05, 0.1) is 6.54 Å². The monoisotopic (exact) mass is 415 g/mol. The normalized spacial score (nSPS) is 12.2. The van der Waals surface area contributed by atoms with Crippen LogP contribution in [0.2, 0.25) is 0 Å². The van der Waals surface area contributed by atoms with Crippen molar-refractivity contribution < 1.29 is 23.9 Å². The highest BCUT2D eigenvalue weighted by Crippen LogP contribution is 2.08. The number of rotatable bonds is 8. The van der Waals surface area contributed by atoms with Crippen molar-refractivity contribution in [1.82, 2.24) is 16.0 Å². The van der Waals surface area contributed by atoms with E-state index < -0.39 is 23.4 Å². The number of alkyl carbamates (subject to hydrolysis) is 1. The summed E-state index contributed by atoms with van der Waals surface area (Å²) < 4.78 is 10.3. The zero-order valence-electron chi connectivity index (χ0n) is 18.5. The maximum atomic E-state index is 12.0. The van der Waals surface area contributed by atoms with Gasteiger partial charge in [-0.2, -0.15) is 0 Å². The molecule has 0 saturated heterocycles. The molecule has 10 nitrogen and oxygen atoms in total. The molecule has 0 bridgehead atoms. The smallest absolute Gasteiger partial charge is 0.437 e. The minimum Gasteiger partial charge on any atom is -0.444 e. The summed E-state index contributed by atoms with van der Waals surface area (Å²) >= 11 is 0. The number of nitrogens with two attached hydrogens (primary N) is 1. The molecule has 0 aliphatic carbocycles. The molecule has 0 unspecified atom stereocenters. The van der Waals surface area contributed by atoms with Crippen molar-refractivity contribution in [2.24, 2.45) is 10.7 Å². The van der Waals surface area contributed by atoms with Crippen LogP contribution in [0.4, 0.5) is 9.59 Å². The SMILES string of the molecule is CC(C)(C)OC(=O)/N=C(/NCCCCCCNC(=O)CN)NC(=O)OC(C)(C)C. The van der Waals surface area contributed by atoms with Crippen molar-refractivity contribution in [3.8, 4) is 0 Å². The Kier molecular flexibility index (Phi) is 11.9. The number of hydrogen-bond acceptors (Lipinski definition) is 6. The molecule has 0 aliphatic heterocycles. The highest BCUT2D eigenvalue weighted by Gasteiger charge is 2.20. The van der Waals surface area contributed by atoms with Gasteiger partial charge in [-0.25, -0.2) is 9.59 Å². The Morgan fingerprint density at radius 3 is 1.83 bits per heavy atom. The summed E-state index contributed by atoms with van der Waals surface area (Å²) in [7, 11) is 0. The molecule has 0 aromatic heterocycles. The fourth-order valence-corrected chi connectivity index (χ4v) is 2.00. The van der Waals surface area contributed by atoms with Gasteiger partial charge in [0, 0.05) is 13.1 Å². The number of carbonyl (C=O) groups excluding carboxylic acids is 3. The van der Waals surface area contributed by atoms with Crippen molar-refractivity contribution in [2.75, 3.05) is 19.6 Å². The van der Waals surface area contributed by atoms with E-state index in [-0.39, 0.29) is 18.4 Å². The predicted octanol–water partition coefficient (Wildman–Crippen LogP) is 2.03. The van der Waals surface area contributed by atoms with Gasteiger partial charge in [-0.05, 0) is 54.4 Å². The average Bonchev–Trinajstić information content (AvgIpc) is 2.53. The van der Waals surface area contributed by atoms with E-state index in [4.69, 9.17) is 15.2 Å². The van der Waals surface area contributed by atoms with Gasteiger partial charge in [-0.1, -0.05) is 12.8 Å². The molecule has 0 heterocycles. The van der Waals surface area contributed by atoms with E-state index >= 15 is 0 Å². The molecule has 0 aromatic rings. The molecule has 0 atom stereocenters. The number of guanidine groups is 1. The molecular weight excluding hydrogens is 378 g/mol. The Labute approximate surface area is 173 Å². The van der Waals surface area contributed by atoms with Crippen LogP contribution in [0.3, 0.4) is 0 Å². The molecule has 10 heteroatoms. The van der Waals surface area contributed by atoms with Gasteiger partial charge in [0.25, 0.3) is 0 Å². The Balaban J connectivity index is 4.50. The second kappa shape index (κ2) is 13.0. The van der Waals surface area contributed by atoms with Crippen LogP contribution in [0, 0.1) is 0 Å². The van der Waals surface area contributed by atoms with Gasteiger partial charge in [-0.3, -0.25) is 10.1 Å². The molecule has 0 saturated carbocycles. The maximum absolute atomic E-state index is 12.0. The van der Waals surface area contributed by atoms with Gasteiger partial charge < -0.3 is 25.8 Å². The van der Waals surface area contributed by atoms with E-state index in [2.05, 4.69) is 20.9 Å². The summed E-state index contributed by atoms with van der Waals surface area (Å²) in [5, 5.41) is 8.07. The Hall–Kier alpha value is -2.36. The van der Waals surface area contributed by atoms with E-state index in [0.29, 0.717) is 13.1 Å². The topological polar surface area (TPSA) is 144 Å². The van der Waals surface area contributed by atoms with E-state index in [0.717, 1.165) is 25.7 Å². The number of nitrogens with one attached hydrogen (secondary N) is 3. The molecular formula is C19H37N5O5. The highest BCUT2D eigenvalue weighted by molar-refractivity contribution is 5.98. The van der Waals surface area contributed by atoms with Crippen molar-refractivity contribution in [3.05, 3.63) is 0 Å². The minimum absolute atomic E-state index is 0.00563. The lowest BCUT2D eigenvalue weighted by molar-refractivity contribution is -0.119. The molecule has 0 fully saturated rings. The summed E-state index contributed by atoms with van der Waals surface area (Å²) in [5.41, 5.74) is 3.84. The van der Waals surface area contributed by atoms with Gasteiger partial charge >= 0.3 is 12.2 Å². The van der Waals surface area contributed by atoms with Crippen LogP contribution < -0.4 is 21.7 Å². The number of carbonyl (C=O) groups is 3. The molecule has 168 valence electrons. The van der Waals surface area contributed by atoms with E-state index in [9.17, 15) is 14.4 Å². The standard InChI is InChI=1S/C19H37N5O5/c1-18(2,3)28-16(26)23-15(24-17(27)29-19(4,5)6)22-12-10-8-7-9-11-21-14(25)13-20/h7-13,20H2,1-6H3,(H,21,25)(H2,22,23,24,26,27). The average molecular weight is 416 g/mol. The highest BCUT2D eigenvalue weighted by atomic mass is 16.6. The van der Waals surface area contributed by atoms with Crippen LogP contribution in [-0.2, 0) is 14.3 Å². The lowest BCUT2D eigenvalue weighted by atomic mass is 10.2. The molecule has 3 amide bonds. The quantitative estimate of drug-likeness (QED) is 0.270. The summed E-state index contributed by atoms with van der Waals surface area (Å²) in [6.07, 6.45) is 1.92. The first-order chi connectivity index (χ1) is 13.3. The van der Waals surface area contributed by atoms with Crippen molar-refractivity contribution >= 4 is 24.1 Å². The molecule has 0 spiro atoms. The van der Waals surface area contributed by atoms with E-state index in [1.165, 1.54) is 0 Å². The van der Waals surface area contributed by atoms with Crippen LogP contribution in [-0.4, -0.2) is 54.9 Å². The van der Waals surface area contributed by atoms with Gasteiger partial charge in [0.1, 0.15) is 11.2 Å². The van der Waals surface area contributed by atoms with Crippen LogP contribution in [0.25, 0.3) is 0 Å². The number of nitrogens with zero attached hydrogens (tertiary/aromatic N) is 1. The van der Waals surface area contributed by atoms with Crippen LogP contribution in [0.5, 0.6) is 0 Å². The Morgan fingerprint density at radius 2 is 1.34 bits per heavy atom. The largest absolute Gasteiger partial charge is 0.444 e. The number of aliphatic imine (C=N–C) groups is 1. The fourth-order valence-electron chi connectivity index (χ4n) is 2.00. The summed E-state index contributed by atoms with van der Waals surface area (Å²) in [4.78, 5) is 38.7. The summed E-state index contributed by atoms with van der Waals surface area (Å²) in [6, 6.07) is 0. The number of hydrogen-bond donors (Lipinski definition) is 4. The van der Waals surface area contributed by atoms with Crippen molar-refractivity contribution in [1.29, 1.82) is 0 Å². The third-order valence-corrected chi connectivity index (χ3v) is 3.12. The van der Waals surface area contributed by atoms with Crippen LogP contribution in [0.1, 0.15) is 67.2 Å². The second-order valence-electron chi connectivity index (χ2n) is 8.46. The van der Waals surface area contributed by atoms with Crippen LogP contribution >= 0.6 is 0 Å². The Bertz CT molecular complexity index is 564. The number of amides is 3. The fraction of sp³-hybridized carbons (Fsp3) is 0.789. The molecule has 0 rings (SSSR count). The van der Waals surface area contributed by atoms with Crippen molar-refractivity contribution in [3.63, 3.8) is 0 Å². The lowest BCUT2D eigenvalue weighted by Crippen LogP contribution is -2.44. The maximum Gasteiger partial charge on any atom is 0.437 e. The second-order valence-corrected chi connectivity index (χ2v) is 8.46. The molecule has 0 radical (unpaired) electrons. The Morgan fingerprint density at radius 1 is 0.828 bits per heavy atom. The third kappa shape index (κ3) is 17.5. The number of ether oxygens (including phenoxy) is 2.